The Labute approximate surface area is 55.0 Å². The molecule has 0 saturated carbocycles. The lowest BCUT2D eigenvalue weighted by Gasteiger charge is -1.99. The van der Waals surface area contributed by atoms with Gasteiger partial charge in [-0.1, -0.05) is 13.8 Å². The molecule has 0 aliphatic rings. The van der Waals surface area contributed by atoms with Gasteiger partial charge in [-0.2, -0.15) is 0 Å². The Kier molecular flexibility index (Phi) is 1.78. The molecule has 9 heavy (non-hydrogen) atoms. The summed E-state index contributed by atoms with van der Waals surface area (Å²) in [6.45, 7) is 4.19. The molecule has 0 N–H and O–H groups in total. The SMILES string of the molecule is CC(C)c1ccn[c]n1. The summed E-state index contributed by atoms with van der Waals surface area (Å²) < 4.78 is 0. The molecule has 0 bridgehead atoms. The Morgan fingerprint density at radius 2 is 2.33 bits per heavy atom. The van der Waals surface area contributed by atoms with Crippen LogP contribution in [0.1, 0.15) is 25.5 Å². The molecule has 1 radical (unpaired) electrons. The van der Waals surface area contributed by atoms with Crippen molar-refractivity contribution >= 4 is 0 Å². The summed E-state index contributed by atoms with van der Waals surface area (Å²) >= 11 is 0. The molecule has 1 heterocycles. The summed E-state index contributed by atoms with van der Waals surface area (Å²) in [6, 6.07) is 1.90. The van der Waals surface area contributed by atoms with Crippen molar-refractivity contribution in [3.63, 3.8) is 0 Å². The second-order valence-electron chi connectivity index (χ2n) is 2.24. The van der Waals surface area contributed by atoms with Crippen molar-refractivity contribution in [2.24, 2.45) is 0 Å². The number of nitrogens with zero attached hydrogens (tertiary/aromatic N) is 2. The maximum absolute atomic E-state index is 3.94. The third kappa shape index (κ3) is 1.49. The van der Waals surface area contributed by atoms with Gasteiger partial charge in [0.05, 0.1) is 0 Å². The molecule has 0 aliphatic heterocycles. The van der Waals surface area contributed by atoms with E-state index in [0.717, 1.165) is 5.69 Å². The van der Waals surface area contributed by atoms with E-state index >= 15 is 0 Å². The molecule has 0 aromatic carbocycles. The van der Waals surface area contributed by atoms with Crippen LogP contribution in [0.2, 0.25) is 0 Å². The van der Waals surface area contributed by atoms with Crippen LogP contribution in [-0.2, 0) is 0 Å². The Bertz CT molecular complexity index is 170. The largest absolute Gasteiger partial charge is 0.234 e. The highest BCUT2D eigenvalue weighted by Gasteiger charge is 1.96. The van der Waals surface area contributed by atoms with Crippen LogP contribution in [0.3, 0.4) is 0 Å². The molecule has 0 spiro atoms. The summed E-state index contributed by atoms with van der Waals surface area (Å²) in [7, 11) is 0. The molecule has 2 nitrogen and oxygen atoms in total. The Morgan fingerprint density at radius 3 is 2.67 bits per heavy atom. The van der Waals surface area contributed by atoms with Gasteiger partial charge in [-0.3, -0.25) is 0 Å². The van der Waals surface area contributed by atoms with E-state index in [1.54, 1.807) is 6.20 Å². The van der Waals surface area contributed by atoms with Gasteiger partial charge in [0.2, 0.25) is 0 Å². The van der Waals surface area contributed by atoms with Gasteiger partial charge in [0.15, 0.2) is 6.33 Å². The average Bonchev–Trinajstić information content (AvgIpc) is 1.90. The minimum absolute atomic E-state index is 0.476. The van der Waals surface area contributed by atoms with Crippen molar-refractivity contribution < 1.29 is 0 Å². The summed E-state index contributed by atoms with van der Waals surface area (Å²) in [5.74, 6) is 0.476. The van der Waals surface area contributed by atoms with Gasteiger partial charge >= 0.3 is 0 Å². The molecule has 0 saturated heterocycles. The van der Waals surface area contributed by atoms with E-state index in [4.69, 9.17) is 0 Å². The predicted octanol–water partition coefficient (Wildman–Crippen LogP) is 1.40. The highest BCUT2D eigenvalue weighted by atomic mass is 14.8. The number of hydrogen-bond donors (Lipinski definition) is 0. The van der Waals surface area contributed by atoms with Crippen molar-refractivity contribution in [2.75, 3.05) is 0 Å². The molecule has 0 atom stereocenters. The van der Waals surface area contributed by atoms with Crippen LogP contribution in [-0.4, -0.2) is 9.97 Å². The fraction of sp³-hybridized carbons (Fsp3) is 0.429. The molecular formula is C7H9N2. The van der Waals surface area contributed by atoms with E-state index in [-0.39, 0.29) is 0 Å². The summed E-state index contributed by atoms with van der Waals surface area (Å²) in [5, 5.41) is 0. The third-order valence-corrected chi connectivity index (χ3v) is 1.15. The standard InChI is InChI=1S/C7H9N2/c1-6(2)7-3-4-8-5-9-7/h3-4,6H,1-2H3. The van der Waals surface area contributed by atoms with Gasteiger partial charge in [-0.25, -0.2) is 9.97 Å². The Balaban J connectivity index is 2.85. The van der Waals surface area contributed by atoms with Gasteiger partial charge in [0, 0.05) is 11.9 Å². The van der Waals surface area contributed by atoms with Gasteiger partial charge < -0.3 is 0 Å². The van der Waals surface area contributed by atoms with Gasteiger partial charge in [-0.15, -0.1) is 0 Å². The van der Waals surface area contributed by atoms with Crippen LogP contribution < -0.4 is 0 Å². The minimum Gasteiger partial charge on any atom is -0.234 e. The number of rotatable bonds is 1. The van der Waals surface area contributed by atoms with Crippen molar-refractivity contribution in [1.82, 2.24) is 9.97 Å². The predicted molar refractivity (Wildman–Crippen MR) is 35.0 cm³/mol. The first-order valence-electron chi connectivity index (χ1n) is 2.99. The first kappa shape index (κ1) is 6.20. The van der Waals surface area contributed by atoms with Crippen molar-refractivity contribution in [1.29, 1.82) is 0 Å². The van der Waals surface area contributed by atoms with Gasteiger partial charge in [0.25, 0.3) is 0 Å². The maximum Gasteiger partial charge on any atom is 0.197 e. The van der Waals surface area contributed by atoms with E-state index in [9.17, 15) is 0 Å². The van der Waals surface area contributed by atoms with E-state index in [1.807, 2.05) is 6.07 Å². The fourth-order valence-corrected chi connectivity index (χ4v) is 0.592. The summed E-state index contributed by atoms with van der Waals surface area (Å²) in [6.07, 6.45) is 4.25. The molecule has 47 valence electrons. The van der Waals surface area contributed by atoms with Crippen LogP contribution >= 0.6 is 0 Å². The quantitative estimate of drug-likeness (QED) is 0.561. The molecule has 1 aromatic heterocycles. The Morgan fingerprint density at radius 1 is 1.56 bits per heavy atom. The molecule has 0 unspecified atom stereocenters. The van der Waals surface area contributed by atoms with Crippen LogP contribution in [0.15, 0.2) is 12.3 Å². The van der Waals surface area contributed by atoms with Crippen LogP contribution in [0.4, 0.5) is 0 Å². The number of hydrogen-bond acceptors (Lipinski definition) is 2. The maximum atomic E-state index is 3.94. The minimum atomic E-state index is 0.476. The zero-order valence-corrected chi connectivity index (χ0v) is 5.63. The average molecular weight is 121 g/mol. The zero-order valence-electron chi connectivity index (χ0n) is 5.63. The van der Waals surface area contributed by atoms with Crippen molar-refractivity contribution in [3.05, 3.63) is 24.3 Å². The van der Waals surface area contributed by atoms with E-state index in [1.165, 1.54) is 0 Å². The molecule has 1 rings (SSSR count). The van der Waals surface area contributed by atoms with Gasteiger partial charge in [0.1, 0.15) is 0 Å². The molecule has 0 amide bonds. The topological polar surface area (TPSA) is 25.8 Å². The normalized spacial score (nSPS) is 10.1. The van der Waals surface area contributed by atoms with Crippen LogP contribution in [0.25, 0.3) is 0 Å². The lowest BCUT2D eigenvalue weighted by molar-refractivity contribution is 0.811. The summed E-state index contributed by atoms with van der Waals surface area (Å²) in [5.41, 5.74) is 1.05. The molecule has 0 aliphatic carbocycles. The fourth-order valence-electron chi connectivity index (χ4n) is 0.592. The second-order valence-corrected chi connectivity index (χ2v) is 2.24. The van der Waals surface area contributed by atoms with Gasteiger partial charge in [-0.05, 0) is 12.0 Å². The Hall–Kier alpha value is -0.920. The molecule has 2 heteroatoms. The van der Waals surface area contributed by atoms with Crippen molar-refractivity contribution in [2.45, 2.75) is 19.8 Å². The van der Waals surface area contributed by atoms with Crippen molar-refractivity contribution in [3.8, 4) is 0 Å². The lowest BCUT2D eigenvalue weighted by atomic mass is 10.1. The monoisotopic (exact) mass is 121 g/mol. The van der Waals surface area contributed by atoms with E-state index < -0.39 is 0 Å². The smallest absolute Gasteiger partial charge is 0.197 e. The molecular weight excluding hydrogens is 112 g/mol. The second kappa shape index (κ2) is 2.58. The number of aromatic nitrogens is 2. The zero-order chi connectivity index (χ0) is 6.69. The highest BCUT2D eigenvalue weighted by molar-refractivity contribution is 5.01. The van der Waals surface area contributed by atoms with E-state index in [0.29, 0.717) is 5.92 Å². The molecule has 0 fully saturated rings. The highest BCUT2D eigenvalue weighted by Crippen LogP contribution is 2.07. The molecule has 1 aromatic rings. The van der Waals surface area contributed by atoms with E-state index in [2.05, 4.69) is 30.1 Å². The van der Waals surface area contributed by atoms with Crippen LogP contribution in [0.5, 0.6) is 0 Å². The third-order valence-electron chi connectivity index (χ3n) is 1.15. The first-order chi connectivity index (χ1) is 4.30. The first-order valence-corrected chi connectivity index (χ1v) is 2.99. The van der Waals surface area contributed by atoms with Crippen LogP contribution in [0, 0.1) is 6.33 Å². The lowest BCUT2D eigenvalue weighted by Crippen LogP contribution is -1.91. The summed E-state index contributed by atoms with van der Waals surface area (Å²) in [4.78, 5) is 7.63.